The molecule has 0 aromatic heterocycles. The van der Waals surface area contributed by atoms with E-state index in [4.69, 9.17) is 14.2 Å². The van der Waals surface area contributed by atoms with E-state index in [0.29, 0.717) is 12.7 Å². The second-order valence-corrected chi connectivity index (χ2v) is 8.30. The fourth-order valence-electron chi connectivity index (χ4n) is 4.39. The summed E-state index contributed by atoms with van der Waals surface area (Å²) in [6.45, 7) is 6.19. The molecule has 2 heterocycles. The predicted molar refractivity (Wildman–Crippen MR) is 125 cm³/mol. The normalized spacial score (nSPS) is 21.1. The van der Waals surface area contributed by atoms with Gasteiger partial charge in [-0.15, -0.1) is 0 Å². The zero-order valence-electron chi connectivity index (χ0n) is 19.3. The molecule has 2 aliphatic rings. The maximum atomic E-state index is 5.75. The Morgan fingerprint density at radius 1 is 1.19 bits per heavy atom. The minimum atomic E-state index is 0.254. The summed E-state index contributed by atoms with van der Waals surface area (Å²) in [4.78, 5) is 6.98. The average Bonchev–Trinajstić information content (AvgIpc) is 3.34. The highest BCUT2D eigenvalue weighted by molar-refractivity contribution is 5.79. The Morgan fingerprint density at radius 2 is 2.03 bits per heavy atom. The molecule has 2 unspecified atom stereocenters. The van der Waals surface area contributed by atoms with Crippen LogP contribution in [0.2, 0.25) is 0 Å². The van der Waals surface area contributed by atoms with Crippen molar-refractivity contribution in [1.29, 1.82) is 0 Å². The number of ether oxygens (including phenoxy) is 3. The van der Waals surface area contributed by atoms with Gasteiger partial charge in [0.05, 0.1) is 25.9 Å². The zero-order valence-corrected chi connectivity index (χ0v) is 19.3. The van der Waals surface area contributed by atoms with Crippen LogP contribution in [0.15, 0.2) is 29.3 Å². The number of guanidine groups is 1. The van der Waals surface area contributed by atoms with E-state index in [1.807, 2.05) is 13.1 Å². The van der Waals surface area contributed by atoms with Crippen molar-refractivity contribution in [2.45, 2.75) is 50.7 Å². The van der Waals surface area contributed by atoms with Crippen molar-refractivity contribution in [3.63, 3.8) is 0 Å². The molecule has 0 saturated carbocycles. The summed E-state index contributed by atoms with van der Waals surface area (Å²) in [5.74, 6) is 1.78. The van der Waals surface area contributed by atoms with Gasteiger partial charge < -0.3 is 24.8 Å². The molecule has 2 saturated heterocycles. The maximum absolute atomic E-state index is 5.75. The predicted octanol–water partition coefficient (Wildman–Crippen LogP) is 2.97. The van der Waals surface area contributed by atoms with Crippen molar-refractivity contribution in [3.05, 3.63) is 29.8 Å². The van der Waals surface area contributed by atoms with Gasteiger partial charge in [0.1, 0.15) is 5.75 Å². The van der Waals surface area contributed by atoms with Crippen molar-refractivity contribution in [2.24, 2.45) is 4.99 Å². The molecular weight excluding hydrogens is 392 g/mol. The first-order valence-corrected chi connectivity index (χ1v) is 11.8. The molecular formula is C24H40N4O3. The quantitative estimate of drug-likeness (QED) is 0.318. The Hall–Kier alpha value is -1.83. The van der Waals surface area contributed by atoms with Crippen LogP contribution in [0.1, 0.15) is 50.1 Å². The number of hydrogen-bond donors (Lipinski definition) is 2. The monoisotopic (exact) mass is 432 g/mol. The fraction of sp³-hybridized carbons (Fsp3) is 0.708. The average molecular weight is 433 g/mol. The van der Waals surface area contributed by atoms with Crippen LogP contribution < -0.4 is 15.4 Å². The van der Waals surface area contributed by atoms with Gasteiger partial charge in [0, 0.05) is 38.9 Å². The minimum Gasteiger partial charge on any atom is -0.496 e. The highest BCUT2D eigenvalue weighted by atomic mass is 16.5. The molecule has 1 aromatic rings. The molecule has 1 aromatic carbocycles. The van der Waals surface area contributed by atoms with Gasteiger partial charge in [0.25, 0.3) is 0 Å². The van der Waals surface area contributed by atoms with Crippen LogP contribution in [0.25, 0.3) is 0 Å². The number of aliphatic imine (C=N–C) groups is 1. The Bertz CT molecular complexity index is 658. The number of methoxy groups -OCH3 is 1. The molecule has 0 spiro atoms. The largest absolute Gasteiger partial charge is 0.496 e. The van der Waals surface area contributed by atoms with Gasteiger partial charge in [-0.25, -0.2) is 0 Å². The molecule has 0 bridgehead atoms. The van der Waals surface area contributed by atoms with E-state index >= 15 is 0 Å². The van der Waals surface area contributed by atoms with Gasteiger partial charge >= 0.3 is 0 Å². The fourth-order valence-corrected chi connectivity index (χ4v) is 4.39. The number of nitrogens with zero attached hydrogens (tertiary/aromatic N) is 2. The van der Waals surface area contributed by atoms with Crippen molar-refractivity contribution in [2.75, 3.05) is 60.2 Å². The van der Waals surface area contributed by atoms with Crippen LogP contribution in [0.3, 0.4) is 0 Å². The van der Waals surface area contributed by atoms with E-state index in [2.05, 4.69) is 38.7 Å². The first-order valence-electron chi connectivity index (χ1n) is 11.8. The van der Waals surface area contributed by atoms with Crippen LogP contribution in [0, 0.1) is 0 Å². The molecule has 7 heteroatoms. The van der Waals surface area contributed by atoms with Gasteiger partial charge in [-0.1, -0.05) is 24.6 Å². The maximum Gasteiger partial charge on any atom is 0.191 e. The summed E-state index contributed by atoms with van der Waals surface area (Å²) in [6, 6.07) is 8.62. The van der Waals surface area contributed by atoms with Crippen LogP contribution in [0.5, 0.6) is 5.75 Å². The summed E-state index contributed by atoms with van der Waals surface area (Å²) < 4.78 is 17.0. The van der Waals surface area contributed by atoms with E-state index in [0.717, 1.165) is 70.4 Å². The highest BCUT2D eigenvalue weighted by Crippen LogP contribution is 2.30. The molecule has 0 radical (unpaired) electrons. The minimum absolute atomic E-state index is 0.254. The lowest BCUT2D eigenvalue weighted by atomic mass is 10.0. The van der Waals surface area contributed by atoms with E-state index in [1.54, 1.807) is 7.11 Å². The topological polar surface area (TPSA) is 67.4 Å². The van der Waals surface area contributed by atoms with E-state index in [9.17, 15) is 0 Å². The number of piperidine rings is 1. The van der Waals surface area contributed by atoms with Gasteiger partial charge in [-0.3, -0.25) is 9.89 Å². The second-order valence-electron chi connectivity index (χ2n) is 8.30. The van der Waals surface area contributed by atoms with Gasteiger partial charge in [-0.2, -0.15) is 0 Å². The van der Waals surface area contributed by atoms with Crippen LogP contribution in [-0.2, 0) is 9.47 Å². The third-order valence-electron chi connectivity index (χ3n) is 6.10. The summed E-state index contributed by atoms with van der Waals surface area (Å²) in [5.41, 5.74) is 1.23. The van der Waals surface area contributed by atoms with Crippen LogP contribution in [0.4, 0.5) is 0 Å². The van der Waals surface area contributed by atoms with Gasteiger partial charge in [0.15, 0.2) is 5.96 Å². The first kappa shape index (κ1) is 23.8. The van der Waals surface area contributed by atoms with Crippen molar-refractivity contribution < 1.29 is 14.2 Å². The number of benzene rings is 1. The van der Waals surface area contributed by atoms with E-state index < -0.39 is 0 Å². The molecule has 2 atom stereocenters. The summed E-state index contributed by atoms with van der Waals surface area (Å²) >= 11 is 0. The number of nitrogens with one attached hydrogen (secondary N) is 2. The lowest BCUT2D eigenvalue weighted by Crippen LogP contribution is -2.44. The van der Waals surface area contributed by atoms with Crippen molar-refractivity contribution >= 4 is 5.96 Å². The molecule has 31 heavy (non-hydrogen) atoms. The summed E-state index contributed by atoms with van der Waals surface area (Å²) in [7, 11) is 3.57. The standard InChI is InChI=1S/C24H40N4O3/c1-25-24(26-13-9-16-30-19-20-10-8-17-31-20)27-18-22(28-14-6-3-7-15-28)21-11-4-5-12-23(21)29-2/h4-5,11-12,20,22H,3,6-10,13-19H2,1-2H3,(H2,25,26,27). The molecule has 174 valence electrons. The van der Waals surface area contributed by atoms with Crippen LogP contribution >= 0.6 is 0 Å². The number of para-hydroxylation sites is 1. The molecule has 0 aliphatic carbocycles. The zero-order chi connectivity index (χ0) is 21.7. The first-order chi connectivity index (χ1) is 15.3. The summed E-state index contributed by atoms with van der Waals surface area (Å²) in [5, 5.41) is 6.95. The molecule has 7 nitrogen and oxygen atoms in total. The number of rotatable bonds is 11. The molecule has 2 aliphatic heterocycles. The smallest absolute Gasteiger partial charge is 0.191 e. The number of hydrogen-bond acceptors (Lipinski definition) is 5. The lowest BCUT2D eigenvalue weighted by Gasteiger charge is -2.35. The Kier molecular flexibility index (Phi) is 10.4. The van der Waals surface area contributed by atoms with Gasteiger partial charge in [-0.05, 0) is 51.3 Å². The molecule has 3 rings (SSSR count). The SMILES string of the molecule is CN=C(NCCCOCC1CCCO1)NCC(c1ccccc1OC)N1CCCCC1. The Labute approximate surface area is 187 Å². The Balaban J connectivity index is 1.46. The van der Waals surface area contributed by atoms with Crippen molar-refractivity contribution in [1.82, 2.24) is 15.5 Å². The Morgan fingerprint density at radius 3 is 2.77 bits per heavy atom. The molecule has 2 N–H and O–H groups in total. The highest BCUT2D eigenvalue weighted by Gasteiger charge is 2.25. The van der Waals surface area contributed by atoms with E-state index in [1.165, 1.54) is 24.8 Å². The number of likely N-dealkylation sites (tertiary alicyclic amines) is 1. The van der Waals surface area contributed by atoms with E-state index in [-0.39, 0.29) is 6.04 Å². The lowest BCUT2D eigenvalue weighted by molar-refractivity contribution is 0.0168. The second kappa shape index (κ2) is 13.6. The molecule has 0 amide bonds. The van der Waals surface area contributed by atoms with Crippen molar-refractivity contribution in [3.8, 4) is 5.75 Å². The third-order valence-corrected chi connectivity index (χ3v) is 6.10. The third kappa shape index (κ3) is 7.66. The summed E-state index contributed by atoms with van der Waals surface area (Å²) in [6.07, 6.45) is 7.35. The van der Waals surface area contributed by atoms with Gasteiger partial charge in [0.2, 0.25) is 0 Å². The molecule has 2 fully saturated rings. The van der Waals surface area contributed by atoms with Crippen LogP contribution in [-0.4, -0.2) is 77.1 Å².